The third kappa shape index (κ3) is 3.51. The van der Waals surface area contributed by atoms with E-state index >= 15 is 0 Å². The maximum Gasteiger partial charge on any atom is 0.251 e. The minimum Gasteiger partial charge on any atom is -0.348 e. The van der Waals surface area contributed by atoms with Crippen LogP contribution < -0.4 is 10.9 Å². The first-order valence-corrected chi connectivity index (χ1v) is 6.09. The second-order valence-corrected chi connectivity index (χ2v) is 4.15. The monoisotopic (exact) mass is 257 g/mol. The zero-order valence-electron chi connectivity index (χ0n) is 10.6. The van der Waals surface area contributed by atoms with Crippen molar-refractivity contribution in [3.05, 3.63) is 63.8 Å². The second kappa shape index (κ2) is 5.95. The average Bonchev–Trinajstić information content (AvgIpc) is 2.45. The molecule has 0 unspecified atom stereocenters. The number of H-pyrrole nitrogens is 1. The van der Waals surface area contributed by atoms with Gasteiger partial charge in [0.15, 0.2) is 0 Å². The van der Waals surface area contributed by atoms with E-state index in [4.69, 9.17) is 0 Å². The van der Waals surface area contributed by atoms with E-state index in [2.05, 4.69) is 15.3 Å². The van der Waals surface area contributed by atoms with Gasteiger partial charge in [0.1, 0.15) is 0 Å². The number of nitrogens with one attached hydrogen (secondary N) is 2. The maximum absolute atomic E-state index is 12.0. The van der Waals surface area contributed by atoms with Crippen molar-refractivity contribution in [1.29, 1.82) is 0 Å². The number of aromatic amines is 1. The van der Waals surface area contributed by atoms with E-state index < -0.39 is 0 Å². The van der Waals surface area contributed by atoms with Gasteiger partial charge in [-0.1, -0.05) is 6.92 Å². The van der Waals surface area contributed by atoms with Gasteiger partial charge < -0.3 is 10.3 Å². The Bertz CT molecular complexity index is 620. The van der Waals surface area contributed by atoms with E-state index in [9.17, 15) is 9.59 Å². The zero-order valence-corrected chi connectivity index (χ0v) is 10.6. The summed E-state index contributed by atoms with van der Waals surface area (Å²) in [6.07, 6.45) is 4.02. The Kier molecular flexibility index (Phi) is 4.07. The van der Waals surface area contributed by atoms with Crippen LogP contribution in [0.5, 0.6) is 0 Å². The summed E-state index contributed by atoms with van der Waals surface area (Å²) in [6, 6.07) is 6.66. The molecule has 0 aliphatic carbocycles. The van der Waals surface area contributed by atoms with Crippen molar-refractivity contribution < 1.29 is 4.79 Å². The highest BCUT2D eigenvalue weighted by molar-refractivity contribution is 5.94. The predicted octanol–water partition coefficient (Wildman–Crippen LogP) is 1.26. The fraction of sp³-hybridized carbons (Fsp3) is 0.214. The first-order valence-electron chi connectivity index (χ1n) is 6.09. The minimum absolute atomic E-state index is 0.252. The lowest BCUT2D eigenvalue weighted by Gasteiger charge is -2.06. The minimum atomic E-state index is -0.256. The summed E-state index contributed by atoms with van der Waals surface area (Å²) in [6.45, 7) is 2.33. The number of rotatable bonds is 4. The molecule has 0 aliphatic rings. The van der Waals surface area contributed by atoms with Gasteiger partial charge >= 0.3 is 0 Å². The quantitative estimate of drug-likeness (QED) is 0.866. The van der Waals surface area contributed by atoms with Crippen molar-refractivity contribution >= 4 is 5.91 Å². The largest absolute Gasteiger partial charge is 0.348 e. The van der Waals surface area contributed by atoms with Gasteiger partial charge in [0.2, 0.25) is 5.56 Å². The first-order chi connectivity index (χ1) is 9.19. The average molecular weight is 257 g/mol. The van der Waals surface area contributed by atoms with Gasteiger partial charge in [-0.05, 0) is 30.2 Å². The maximum atomic E-state index is 12.0. The standard InChI is InChI=1S/C14H15N3O2/c1-2-12-7-11(8-13(18)17-12)14(19)16-9-10-3-5-15-6-4-10/h3-8H,2,9H2,1H3,(H,16,19)(H,17,18). The van der Waals surface area contributed by atoms with Crippen molar-refractivity contribution in [3.63, 3.8) is 0 Å². The van der Waals surface area contributed by atoms with Crippen LogP contribution in [0.4, 0.5) is 0 Å². The Hall–Kier alpha value is -2.43. The molecule has 0 aromatic carbocycles. The highest BCUT2D eigenvalue weighted by Gasteiger charge is 2.07. The third-order valence-electron chi connectivity index (χ3n) is 2.75. The van der Waals surface area contributed by atoms with Crippen molar-refractivity contribution in [1.82, 2.24) is 15.3 Å². The van der Waals surface area contributed by atoms with Crippen molar-refractivity contribution in [2.75, 3.05) is 0 Å². The molecular formula is C14H15N3O2. The summed E-state index contributed by atoms with van der Waals surface area (Å²) >= 11 is 0. The summed E-state index contributed by atoms with van der Waals surface area (Å²) in [5.41, 5.74) is 1.84. The predicted molar refractivity (Wildman–Crippen MR) is 71.8 cm³/mol. The van der Waals surface area contributed by atoms with Crippen LogP contribution in [0, 0.1) is 0 Å². The molecular weight excluding hydrogens is 242 g/mol. The lowest BCUT2D eigenvalue weighted by atomic mass is 10.2. The molecule has 19 heavy (non-hydrogen) atoms. The normalized spacial score (nSPS) is 10.2. The fourth-order valence-corrected chi connectivity index (χ4v) is 1.71. The first kappa shape index (κ1) is 13.0. The molecule has 2 N–H and O–H groups in total. The van der Waals surface area contributed by atoms with Gasteiger partial charge in [-0.2, -0.15) is 0 Å². The van der Waals surface area contributed by atoms with E-state index in [0.717, 1.165) is 11.3 Å². The number of hydrogen-bond acceptors (Lipinski definition) is 3. The van der Waals surface area contributed by atoms with Crippen molar-refractivity contribution in [2.24, 2.45) is 0 Å². The van der Waals surface area contributed by atoms with E-state index in [1.54, 1.807) is 18.5 Å². The number of carbonyl (C=O) groups is 1. The molecule has 0 fully saturated rings. The molecule has 0 saturated heterocycles. The second-order valence-electron chi connectivity index (χ2n) is 4.15. The smallest absolute Gasteiger partial charge is 0.251 e. The number of pyridine rings is 2. The van der Waals surface area contributed by atoms with Gasteiger partial charge in [-0.3, -0.25) is 14.6 Å². The summed E-state index contributed by atoms with van der Waals surface area (Å²) < 4.78 is 0. The van der Waals surface area contributed by atoms with Crippen LogP contribution in [-0.4, -0.2) is 15.9 Å². The van der Waals surface area contributed by atoms with Gasteiger partial charge in [0, 0.05) is 36.3 Å². The lowest BCUT2D eigenvalue weighted by Crippen LogP contribution is -2.24. The van der Waals surface area contributed by atoms with Gasteiger partial charge in [0.05, 0.1) is 0 Å². The molecule has 0 spiro atoms. The molecule has 0 atom stereocenters. The van der Waals surface area contributed by atoms with Gasteiger partial charge in [-0.25, -0.2) is 0 Å². The van der Waals surface area contributed by atoms with E-state index in [1.807, 2.05) is 19.1 Å². The topological polar surface area (TPSA) is 74.8 Å². The molecule has 2 aromatic heterocycles. The Morgan fingerprint density at radius 1 is 1.32 bits per heavy atom. The molecule has 0 bridgehead atoms. The summed E-state index contributed by atoms with van der Waals surface area (Å²) in [5, 5.41) is 2.77. The fourth-order valence-electron chi connectivity index (χ4n) is 1.71. The van der Waals surface area contributed by atoms with Gasteiger partial charge in [-0.15, -0.1) is 0 Å². The van der Waals surface area contributed by atoms with Crippen molar-refractivity contribution in [3.8, 4) is 0 Å². The van der Waals surface area contributed by atoms with Crippen LogP contribution >= 0.6 is 0 Å². The number of aryl methyl sites for hydroxylation is 1. The molecule has 0 radical (unpaired) electrons. The molecule has 2 aromatic rings. The third-order valence-corrected chi connectivity index (χ3v) is 2.75. The van der Waals surface area contributed by atoms with Crippen LogP contribution in [0.25, 0.3) is 0 Å². The lowest BCUT2D eigenvalue weighted by molar-refractivity contribution is 0.0950. The number of amides is 1. The number of carbonyl (C=O) groups excluding carboxylic acids is 1. The van der Waals surface area contributed by atoms with Crippen LogP contribution in [-0.2, 0) is 13.0 Å². The molecule has 0 aliphatic heterocycles. The molecule has 5 heteroatoms. The Morgan fingerprint density at radius 3 is 2.74 bits per heavy atom. The summed E-state index contributed by atoms with van der Waals surface area (Å²) in [5.74, 6) is -0.252. The van der Waals surface area contributed by atoms with Crippen molar-refractivity contribution in [2.45, 2.75) is 19.9 Å². The molecule has 5 nitrogen and oxygen atoms in total. The molecule has 1 amide bonds. The SMILES string of the molecule is CCc1cc(C(=O)NCc2ccncc2)cc(=O)[nH]1. The number of nitrogens with zero attached hydrogens (tertiary/aromatic N) is 1. The highest BCUT2D eigenvalue weighted by atomic mass is 16.2. The van der Waals surface area contributed by atoms with Crippen LogP contribution in [0.3, 0.4) is 0 Å². The van der Waals surface area contributed by atoms with E-state index in [0.29, 0.717) is 18.5 Å². The highest BCUT2D eigenvalue weighted by Crippen LogP contribution is 2.01. The van der Waals surface area contributed by atoms with E-state index in [1.165, 1.54) is 6.07 Å². The van der Waals surface area contributed by atoms with Crippen LogP contribution in [0.15, 0.2) is 41.5 Å². The molecule has 0 saturated carbocycles. The molecule has 2 rings (SSSR count). The Balaban J connectivity index is 2.08. The summed E-state index contributed by atoms with van der Waals surface area (Å²) in [7, 11) is 0. The Labute approximate surface area is 110 Å². The van der Waals surface area contributed by atoms with Crippen LogP contribution in [0.1, 0.15) is 28.5 Å². The molecule has 98 valence electrons. The Morgan fingerprint density at radius 2 is 2.05 bits per heavy atom. The number of hydrogen-bond donors (Lipinski definition) is 2. The summed E-state index contributed by atoms with van der Waals surface area (Å²) in [4.78, 5) is 30.0. The van der Waals surface area contributed by atoms with Crippen LogP contribution in [0.2, 0.25) is 0 Å². The zero-order chi connectivity index (χ0) is 13.7. The van der Waals surface area contributed by atoms with E-state index in [-0.39, 0.29) is 11.5 Å². The number of aromatic nitrogens is 2. The van der Waals surface area contributed by atoms with Gasteiger partial charge in [0.25, 0.3) is 5.91 Å². The molecule has 2 heterocycles.